The minimum atomic E-state index is -0.947. The normalized spacial score (nSPS) is 11.2. The fraction of sp³-hybridized carbons (Fsp3) is 0.143. The first-order chi connectivity index (χ1) is 13.4. The molecule has 0 aliphatic heterocycles. The van der Waals surface area contributed by atoms with Gasteiger partial charge in [-0.05, 0) is 31.7 Å². The molecule has 29 heavy (non-hydrogen) atoms. The summed E-state index contributed by atoms with van der Waals surface area (Å²) in [5.41, 5.74) is 1.21. The largest absolute Gasteiger partial charge is 2.00 e. The van der Waals surface area contributed by atoms with E-state index in [-0.39, 0.29) is 22.1 Å². The minimum Gasteiger partial charge on any atom is -0.344 e. The zero-order valence-electron chi connectivity index (χ0n) is 15.5. The van der Waals surface area contributed by atoms with E-state index in [0.717, 1.165) is 11.8 Å². The molecule has 8 heteroatoms. The molecule has 0 bridgehead atoms. The number of hydrogen-bond donors (Lipinski definition) is 0. The second-order valence-corrected chi connectivity index (χ2v) is 6.68. The summed E-state index contributed by atoms with van der Waals surface area (Å²) >= 11 is 0. The average Bonchev–Trinajstić information content (AvgIpc) is 3.23. The van der Waals surface area contributed by atoms with Gasteiger partial charge in [-0.1, -0.05) is 48.3 Å². The van der Waals surface area contributed by atoms with E-state index in [2.05, 4.69) is 32.3 Å². The topological polar surface area (TPSA) is 56.5 Å². The summed E-state index contributed by atoms with van der Waals surface area (Å²) < 4.78 is 28.7. The predicted octanol–water partition coefficient (Wildman–Crippen LogP) is 3.93. The van der Waals surface area contributed by atoms with Crippen LogP contribution in [0.3, 0.4) is 0 Å². The van der Waals surface area contributed by atoms with Gasteiger partial charge in [-0.25, -0.2) is 8.78 Å². The van der Waals surface area contributed by atoms with Crippen LogP contribution in [-0.2, 0) is 21.9 Å². The van der Waals surface area contributed by atoms with E-state index in [1.807, 2.05) is 38.1 Å². The van der Waals surface area contributed by atoms with Crippen LogP contribution < -0.4 is 0 Å². The first-order valence-electron chi connectivity index (χ1n) is 8.56. The van der Waals surface area contributed by atoms with Gasteiger partial charge in [0, 0.05) is 16.8 Å². The molecule has 0 aromatic carbocycles. The van der Waals surface area contributed by atoms with Crippen molar-refractivity contribution in [2.75, 3.05) is 0 Å². The quantitative estimate of drug-likeness (QED) is 0.278. The second-order valence-electron chi connectivity index (χ2n) is 6.68. The van der Waals surface area contributed by atoms with E-state index < -0.39 is 17.3 Å². The van der Waals surface area contributed by atoms with Gasteiger partial charge in [-0.15, -0.1) is 12.1 Å². The van der Waals surface area contributed by atoms with Crippen LogP contribution in [0.5, 0.6) is 0 Å². The molecule has 0 saturated heterocycles. The van der Waals surface area contributed by atoms with Crippen molar-refractivity contribution in [1.29, 1.82) is 0 Å². The molecule has 0 N–H and O–H groups in total. The number of halogens is 2. The number of rotatable bonds is 4. The van der Waals surface area contributed by atoms with Crippen LogP contribution >= 0.6 is 0 Å². The van der Waals surface area contributed by atoms with Gasteiger partial charge >= 0.3 is 16.5 Å². The van der Waals surface area contributed by atoms with Gasteiger partial charge in [0.15, 0.2) is 0 Å². The SMILES string of the molecule is CC(C)(c1cccc(-c2[c-]cc(F)nc2F)n1)c1cccc(-n2[c-]ccn2)n1.[Ni+2]. The van der Waals surface area contributed by atoms with Crippen LogP contribution in [0.1, 0.15) is 25.2 Å². The van der Waals surface area contributed by atoms with E-state index in [1.165, 1.54) is 0 Å². The maximum absolute atomic E-state index is 14.0. The molecule has 0 saturated carbocycles. The Balaban J connectivity index is 0.00000240. The molecule has 4 heterocycles. The van der Waals surface area contributed by atoms with E-state index >= 15 is 0 Å². The van der Waals surface area contributed by atoms with E-state index in [1.54, 1.807) is 29.1 Å². The van der Waals surface area contributed by atoms with Gasteiger partial charge < -0.3 is 9.67 Å². The summed E-state index contributed by atoms with van der Waals surface area (Å²) in [5, 5.41) is 4.15. The Morgan fingerprint density at radius 1 is 0.966 bits per heavy atom. The van der Waals surface area contributed by atoms with Crippen LogP contribution in [-0.4, -0.2) is 24.7 Å². The first-order valence-corrected chi connectivity index (χ1v) is 8.56. The summed E-state index contributed by atoms with van der Waals surface area (Å²) in [6.45, 7) is 3.95. The molecule has 5 nitrogen and oxygen atoms in total. The molecule has 0 atom stereocenters. The molecule has 4 aromatic rings. The van der Waals surface area contributed by atoms with Gasteiger partial charge in [0.05, 0.1) is 5.82 Å². The Bertz CT molecular complexity index is 1130. The Labute approximate surface area is 176 Å². The molecule has 0 aliphatic carbocycles. The summed E-state index contributed by atoms with van der Waals surface area (Å²) in [6.07, 6.45) is 4.59. The molecule has 0 amide bonds. The summed E-state index contributed by atoms with van der Waals surface area (Å²) in [7, 11) is 0. The van der Waals surface area contributed by atoms with Crippen LogP contribution in [0.25, 0.3) is 17.1 Å². The number of aromatic nitrogens is 5. The Hall–Kier alpha value is -2.99. The van der Waals surface area contributed by atoms with Crippen LogP contribution in [0.2, 0.25) is 0 Å². The molecule has 0 radical (unpaired) electrons. The second kappa shape index (κ2) is 8.17. The monoisotopic (exact) mass is 433 g/mol. The fourth-order valence-electron chi connectivity index (χ4n) is 2.86. The number of hydrogen-bond acceptors (Lipinski definition) is 4. The third-order valence-electron chi connectivity index (χ3n) is 4.44. The van der Waals surface area contributed by atoms with Crippen molar-refractivity contribution >= 4 is 0 Å². The van der Waals surface area contributed by atoms with Crippen molar-refractivity contribution in [3.63, 3.8) is 0 Å². The van der Waals surface area contributed by atoms with Crippen LogP contribution in [0, 0.1) is 24.2 Å². The molecule has 4 rings (SSSR count). The summed E-state index contributed by atoms with van der Waals surface area (Å²) in [4.78, 5) is 12.5. The van der Waals surface area contributed by atoms with Crippen molar-refractivity contribution in [1.82, 2.24) is 24.7 Å². The minimum absolute atomic E-state index is 0. The van der Waals surface area contributed by atoms with Gasteiger partial charge in [-0.2, -0.15) is 0 Å². The van der Waals surface area contributed by atoms with Crippen molar-refractivity contribution in [2.45, 2.75) is 19.3 Å². The van der Waals surface area contributed by atoms with Crippen molar-refractivity contribution in [2.24, 2.45) is 0 Å². The summed E-state index contributed by atoms with van der Waals surface area (Å²) in [6, 6.07) is 16.1. The molecule has 4 aromatic heterocycles. The molecule has 0 unspecified atom stereocenters. The number of pyridine rings is 3. The Morgan fingerprint density at radius 3 is 2.38 bits per heavy atom. The molecule has 0 aliphatic rings. The summed E-state index contributed by atoms with van der Waals surface area (Å²) in [5.74, 6) is -1.24. The van der Waals surface area contributed by atoms with E-state index in [4.69, 9.17) is 0 Å². The maximum atomic E-state index is 14.0. The zero-order chi connectivity index (χ0) is 19.7. The zero-order valence-corrected chi connectivity index (χ0v) is 16.5. The molecule has 0 fully saturated rings. The number of nitrogens with zero attached hydrogens (tertiary/aromatic N) is 5. The molecular formula is C21H15F2N5Ni. The average molecular weight is 434 g/mol. The Kier molecular flexibility index (Phi) is 5.84. The Morgan fingerprint density at radius 2 is 1.69 bits per heavy atom. The standard InChI is InChI=1S/C21H15F2N5.Ni/c1-21(2,17-8-4-9-19(26-17)28-13-5-12-24-28)16-7-3-6-15(25-16)14-10-11-18(22)27-20(14)23;/h3-9,11-12H,1-2H3;/q-2;+2. The van der Waals surface area contributed by atoms with E-state index in [0.29, 0.717) is 17.2 Å². The first kappa shape index (κ1) is 20.7. The third-order valence-corrected chi connectivity index (χ3v) is 4.44. The van der Waals surface area contributed by atoms with E-state index in [9.17, 15) is 8.78 Å². The smallest absolute Gasteiger partial charge is 0.344 e. The maximum Gasteiger partial charge on any atom is 2.00 e. The van der Waals surface area contributed by atoms with Crippen molar-refractivity contribution in [3.8, 4) is 17.1 Å². The van der Waals surface area contributed by atoms with Gasteiger partial charge in [-0.3, -0.25) is 15.1 Å². The van der Waals surface area contributed by atoms with Gasteiger partial charge in [0.2, 0.25) is 0 Å². The van der Waals surface area contributed by atoms with Gasteiger partial charge in [0.1, 0.15) is 11.9 Å². The fourth-order valence-corrected chi connectivity index (χ4v) is 2.86. The van der Waals surface area contributed by atoms with Crippen molar-refractivity contribution < 1.29 is 25.3 Å². The van der Waals surface area contributed by atoms with Crippen molar-refractivity contribution in [3.05, 3.63) is 90.3 Å². The third kappa shape index (κ3) is 4.08. The molecule has 148 valence electrons. The van der Waals surface area contributed by atoms with Crippen LogP contribution in [0.4, 0.5) is 8.78 Å². The molecular weight excluding hydrogens is 419 g/mol. The predicted molar refractivity (Wildman–Crippen MR) is 98.5 cm³/mol. The molecule has 0 spiro atoms. The van der Waals surface area contributed by atoms with Gasteiger partial charge in [0.25, 0.3) is 0 Å². The van der Waals surface area contributed by atoms with Crippen LogP contribution in [0.15, 0.2) is 54.7 Å².